The van der Waals surface area contributed by atoms with Gasteiger partial charge >= 0.3 is 5.69 Å². The van der Waals surface area contributed by atoms with Crippen LogP contribution in [0.2, 0.25) is 0 Å². The molecule has 4 rings (SSSR count). The average Bonchev–Trinajstić information content (AvgIpc) is 3.19. The molecule has 0 bridgehead atoms. The number of aryl methyl sites for hydroxylation is 2. The number of hydrogen-bond donors (Lipinski definition) is 1. The molecule has 28 heavy (non-hydrogen) atoms. The zero-order chi connectivity index (χ0) is 19.8. The van der Waals surface area contributed by atoms with Gasteiger partial charge in [-0.3, -0.25) is 9.36 Å². The second kappa shape index (κ2) is 7.26. The van der Waals surface area contributed by atoms with Gasteiger partial charge in [-0.05, 0) is 68.5 Å². The number of carbonyl (C=O) groups excluding carboxylic acids is 1. The normalized spacial score (nSPS) is 19.5. The number of aromatic amines is 1. The van der Waals surface area contributed by atoms with Crippen molar-refractivity contribution in [1.82, 2.24) is 14.5 Å². The van der Waals surface area contributed by atoms with E-state index in [-0.39, 0.29) is 29.5 Å². The van der Waals surface area contributed by atoms with Crippen molar-refractivity contribution in [2.45, 2.75) is 44.7 Å². The number of rotatable bonds is 4. The van der Waals surface area contributed by atoms with Crippen molar-refractivity contribution in [1.29, 1.82) is 0 Å². The molecule has 0 spiro atoms. The molecule has 1 saturated heterocycles. The number of fused-ring (bicyclic) bond motifs is 1. The predicted molar refractivity (Wildman–Crippen MR) is 107 cm³/mol. The Bertz CT molecular complexity index is 1070. The van der Waals surface area contributed by atoms with Crippen LogP contribution in [-0.4, -0.2) is 32.4 Å². The van der Waals surface area contributed by atoms with Crippen molar-refractivity contribution in [3.05, 3.63) is 69.9 Å². The van der Waals surface area contributed by atoms with E-state index in [1.165, 1.54) is 16.7 Å². The van der Waals surface area contributed by atoms with E-state index in [2.05, 4.69) is 11.9 Å². The third-order valence-corrected chi connectivity index (χ3v) is 5.85. The monoisotopic (exact) mass is 381 g/mol. The second-order valence-electron chi connectivity index (χ2n) is 7.68. The molecule has 0 radical (unpaired) electrons. The number of likely N-dealkylation sites (tertiary alicyclic amines) is 1. The van der Waals surface area contributed by atoms with Crippen molar-refractivity contribution >= 4 is 16.9 Å². The number of nitrogens with one attached hydrogen (secondary N) is 1. The SMILES string of the molecule is C[C@@H]1CC[C@H](CCc2ccc(F)cc2)N1C(=O)c1ccc2c(c1)[nH]c(=O)n2C. The van der Waals surface area contributed by atoms with Gasteiger partial charge in [0, 0.05) is 24.7 Å². The third kappa shape index (κ3) is 3.35. The fraction of sp³-hybridized carbons (Fsp3) is 0.364. The summed E-state index contributed by atoms with van der Waals surface area (Å²) in [5.41, 5.74) is 2.94. The average molecular weight is 381 g/mol. The van der Waals surface area contributed by atoms with E-state index in [1.54, 1.807) is 31.3 Å². The van der Waals surface area contributed by atoms with E-state index in [0.29, 0.717) is 11.1 Å². The number of H-pyrrole nitrogens is 1. The topological polar surface area (TPSA) is 58.1 Å². The molecular formula is C22H24FN3O2. The molecule has 6 heteroatoms. The van der Waals surface area contributed by atoms with Gasteiger partial charge in [0.2, 0.25) is 0 Å². The molecule has 1 aliphatic heterocycles. The highest BCUT2D eigenvalue weighted by atomic mass is 19.1. The number of carbonyl (C=O) groups is 1. The highest BCUT2D eigenvalue weighted by Gasteiger charge is 2.34. The molecule has 2 aromatic carbocycles. The largest absolute Gasteiger partial charge is 0.333 e. The Balaban J connectivity index is 1.54. The van der Waals surface area contributed by atoms with Gasteiger partial charge in [0.15, 0.2) is 0 Å². The number of benzene rings is 2. The smallest absolute Gasteiger partial charge is 0.326 e. The lowest BCUT2D eigenvalue weighted by molar-refractivity contribution is 0.0673. The first-order valence-corrected chi connectivity index (χ1v) is 9.70. The molecule has 1 amide bonds. The van der Waals surface area contributed by atoms with Crippen LogP contribution in [0.15, 0.2) is 47.3 Å². The van der Waals surface area contributed by atoms with Gasteiger partial charge in [-0.1, -0.05) is 12.1 Å². The highest BCUT2D eigenvalue weighted by molar-refractivity contribution is 5.97. The summed E-state index contributed by atoms with van der Waals surface area (Å²) in [5.74, 6) is -0.231. The standard InChI is InChI=1S/C22H24FN3O2/c1-14-3-10-18(11-6-15-4-8-17(23)9-5-15)26(14)21(27)16-7-12-20-19(13-16)24-22(28)25(20)2/h4-5,7-9,12-14,18H,3,6,10-11H2,1-2H3,(H,24,28)/t14-,18-/m1/s1. The minimum absolute atomic E-state index is 0.000656. The van der Waals surface area contributed by atoms with Crippen LogP contribution in [0.3, 0.4) is 0 Å². The van der Waals surface area contributed by atoms with Crippen LogP contribution in [0.25, 0.3) is 11.0 Å². The fourth-order valence-corrected chi connectivity index (χ4v) is 4.22. The summed E-state index contributed by atoms with van der Waals surface area (Å²) in [6, 6.07) is 12.3. The summed E-state index contributed by atoms with van der Waals surface area (Å²) >= 11 is 0. The Labute approximate surface area is 162 Å². The minimum Gasteiger partial charge on any atom is -0.333 e. The number of aromatic nitrogens is 2. The molecule has 0 saturated carbocycles. The van der Waals surface area contributed by atoms with Crippen molar-refractivity contribution in [3.63, 3.8) is 0 Å². The molecule has 146 valence electrons. The Morgan fingerprint density at radius 1 is 1.18 bits per heavy atom. The van der Waals surface area contributed by atoms with Crippen LogP contribution in [0.5, 0.6) is 0 Å². The van der Waals surface area contributed by atoms with E-state index in [1.807, 2.05) is 11.0 Å². The molecule has 1 fully saturated rings. The van der Waals surface area contributed by atoms with Gasteiger partial charge in [-0.15, -0.1) is 0 Å². The van der Waals surface area contributed by atoms with E-state index in [0.717, 1.165) is 36.8 Å². The zero-order valence-electron chi connectivity index (χ0n) is 16.1. The summed E-state index contributed by atoms with van der Waals surface area (Å²) in [7, 11) is 1.71. The summed E-state index contributed by atoms with van der Waals surface area (Å²) in [6.07, 6.45) is 3.61. The Kier molecular flexibility index (Phi) is 4.79. The summed E-state index contributed by atoms with van der Waals surface area (Å²) in [4.78, 5) is 29.8. The number of hydrogen-bond acceptors (Lipinski definition) is 2. The fourth-order valence-electron chi connectivity index (χ4n) is 4.22. The van der Waals surface area contributed by atoms with Crippen LogP contribution >= 0.6 is 0 Å². The molecule has 1 aliphatic rings. The lowest BCUT2D eigenvalue weighted by Crippen LogP contribution is -2.40. The van der Waals surface area contributed by atoms with Crippen molar-refractivity contribution in [2.24, 2.45) is 7.05 Å². The van der Waals surface area contributed by atoms with Gasteiger partial charge in [-0.25, -0.2) is 9.18 Å². The molecule has 3 aromatic rings. The maximum Gasteiger partial charge on any atom is 0.326 e. The summed E-state index contributed by atoms with van der Waals surface area (Å²) < 4.78 is 14.6. The Morgan fingerprint density at radius 3 is 2.68 bits per heavy atom. The van der Waals surface area contributed by atoms with Crippen LogP contribution in [-0.2, 0) is 13.5 Å². The molecule has 1 N–H and O–H groups in total. The van der Waals surface area contributed by atoms with E-state index in [4.69, 9.17) is 0 Å². The van der Waals surface area contributed by atoms with Crippen LogP contribution in [0, 0.1) is 5.82 Å². The van der Waals surface area contributed by atoms with Crippen molar-refractivity contribution < 1.29 is 9.18 Å². The highest BCUT2D eigenvalue weighted by Crippen LogP contribution is 2.29. The zero-order valence-corrected chi connectivity index (χ0v) is 16.1. The first kappa shape index (κ1) is 18.5. The Morgan fingerprint density at radius 2 is 1.93 bits per heavy atom. The van der Waals surface area contributed by atoms with Crippen LogP contribution in [0.4, 0.5) is 4.39 Å². The maximum absolute atomic E-state index is 13.2. The predicted octanol–water partition coefficient (Wildman–Crippen LogP) is 3.63. The van der Waals surface area contributed by atoms with Crippen LogP contribution < -0.4 is 5.69 Å². The second-order valence-corrected chi connectivity index (χ2v) is 7.68. The van der Waals surface area contributed by atoms with Crippen molar-refractivity contribution in [3.8, 4) is 0 Å². The molecule has 2 atom stereocenters. The van der Waals surface area contributed by atoms with Gasteiger partial charge in [0.25, 0.3) is 5.91 Å². The van der Waals surface area contributed by atoms with E-state index < -0.39 is 0 Å². The summed E-state index contributed by atoms with van der Waals surface area (Å²) in [5, 5.41) is 0. The Hall–Kier alpha value is -2.89. The number of imidazole rings is 1. The van der Waals surface area contributed by atoms with Gasteiger partial charge in [0.1, 0.15) is 5.82 Å². The van der Waals surface area contributed by atoms with Crippen LogP contribution in [0.1, 0.15) is 42.1 Å². The first-order chi connectivity index (χ1) is 13.4. The number of halogens is 1. The number of nitrogens with zero attached hydrogens (tertiary/aromatic N) is 2. The van der Waals surface area contributed by atoms with Gasteiger partial charge < -0.3 is 9.88 Å². The summed E-state index contributed by atoms with van der Waals surface area (Å²) in [6.45, 7) is 2.08. The molecule has 2 heterocycles. The third-order valence-electron chi connectivity index (χ3n) is 5.85. The van der Waals surface area contributed by atoms with Gasteiger partial charge in [-0.2, -0.15) is 0 Å². The minimum atomic E-state index is -0.232. The lowest BCUT2D eigenvalue weighted by Gasteiger charge is -2.29. The quantitative estimate of drug-likeness (QED) is 0.750. The number of amides is 1. The molecule has 0 aliphatic carbocycles. The lowest BCUT2D eigenvalue weighted by atomic mass is 10.0. The van der Waals surface area contributed by atoms with E-state index in [9.17, 15) is 14.0 Å². The maximum atomic E-state index is 13.2. The van der Waals surface area contributed by atoms with E-state index >= 15 is 0 Å². The molecule has 1 aromatic heterocycles. The first-order valence-electron chi connectivity index (χ1n) is 9.70. The molecular weight excluding hydrogens is 357 g/mol. The molecule has 5 nitrogen and oxygen atoms in total. The molecule has 0 unspecified atom stereocenters. The van der Waals surface area contributed by atoms with Crippen molar-refractivity contribution in [2.75, 3.05) is 0 Å². The van der Waals surface area contributed by atoms with Gasteiger partial charge in [0.05, 0.1) is 11.0 Å².